The summed E-state index contributed by atoms with van der Waals surface area (Å²) in [6.07, 6.45) is -2.90. The van der Waals surface area contributed by atoms with Crippen molar-refractivity contribution in [3.05, 3.63) is 40.9 Å². The van der Waals surface area contributed by atoms with E-state index in [9.17, 15) is 22.8 Å². The number of fused-ring (bicyclic) bond motifs is 3. The van der Waals surface area contributed by atoms with Gasteiger partial charge >= 0.3 is 12.1 Å². The van der Waals surface area contributed by atoms with Crippen LogP contribution < -0.4 is 16.2 Å². The van der Waals surface area contributed by atoms with Crippen LogP contribution in [0.1, 0.15) is 19.4 Å². The van der Waals surface area contributed by atoms with E-state index in [0.29, 0.717) is 10.8 Å². The molecule has 1 atom stereocenters. The van der Waals surface area contributed by atoms with Gasteiger partial charge in [0.25, 0.3) is 0 Å². The SMILES string of the molecule is C[C@H](n1c2cc(OCCCN(C)C(=O)/C=C/C(=O)O)cc(F)c2c2c(Cl)nc(=N)n(N)c21)C(F)(F)F. The molecule has 1 amide bonds. The minimum atomic E-state index is -4.75. The van der Waals surface area contributed by atoms with Crippen LogP contribution in [0.3, 0.4) is 0 Å². The molecule has 0 aliphatic rings. The van der Waals surface area contributed by atoms with Gasteiger partial charge in [0.15, 0.2) is 0 Å². The van der Waals surface area contributed by atoms with Gasteiger partial charge in [-0.2, -0.15) is 18.2 Å². The van der Waals surface area contributed by atoms with Crippen LogP contribution in [0.4, 0.5) is 17.6 Å². The lowest BCUT2D eigenvalue weighted by molar-refractivity contribution is -0.161. The Bertz CT molecular complexity index is 1430. The molecule has 0 spiro atoms. The van der Waals surface area contributed by atoms with Crippen molar-refractivity contribution in [3.8, 4) is 5.75 Å². The number of nitrogen functional groups attached to an aromatic ring is 1. The minimum absolute atomic E-state index is 0.0314. The maximum atomic E-state index is 15.2. The van der Waals surface area contributed by atoms with Crippen molar-refractivity contribution < 1.29 is 37.0 Å². The number of hydrogen-bond acceptors (Lipinski definition) is 6. The fourth-order valence-corrected chi connectivity index (χ4v) is 3.84. The number of hydrogen-bond donors (Lipinski definition) is 3. The van der Waals surface area contributed by atoms with Crippen molar-refractivity contribution in [2.45, 2.75) is 25.6 Å². The average Bonchev–Trinajstić information content (AvgIpc) is 3.13. The molecule has 0 fully saturated rings. The lowest BCUT2D eigenvalue weighted by Crippen LogP contribution is -2.33. The van der Waals surface area contributed by atoms with Gasteiger partial charge in [0.2, 0.25) is 11.5 Å². The molecule has 0 saturated heterocycles. The number of carbonyl (C=O) groups excluding carboxylic acids is 1. The number of amides is 1. The standard InChI is InChI=1S/C21H21ClF4N6O4/c1-10(21(24,25)26)31-13-9-11(36-7-3-6-30(2)14(33)4-5-15(34)35)8-12(23)16(13)17-18(22)29-20(27)32(28)19(17)31/h4-5,8-10,27H,3,6-7,28H2,1-2H3,(H,34,35)/b5-4+,27-20?/t10-/m0/s1. The zero-order valence-corrected chi connectivity index (χ0v) is 19.7. The predicted octanol–water partition coefficient (Wildman–Crippen LogP) is 2.97. The van der Waals surface area contributed by atoms with Crippen molar-refractivity contribution in [2.24, 2.45) is 0 Å². The average molecular weight is 533 g/mol. The summed E-state index contributed by atoms with van der Waals surface area (Å²) < 4.78 is 63.2. The summed E-state index contributed by atoms with van der Waals surface area (Å²) in [4.78, 5) is 27.2. The number of nitrogens with two attached hydrogens (primary N) is 1. The van der Waals surface area contributed by atoms with Crippen LogP contribution in [0, 0.1) is 11.2 Å². The van der Waals surface area contributed by atoms with Crippen LogP contribution in [-0.4, -0.2) is 62.5 Å². The van der Waals surface area contributed by atoms with E-state index in [0.717, 1.165) is 23.6 Å². The second-order valence-corrected chi connectivity index (χ2v) is 8.17. The third-order valence-corrected chi connectivity index (χ3v) is 5.66. The first kappa shape index (κ1) is 26.8. The Morgan fingerprint density at radius 2 is 2.00 bits per heavy atom. The van der Waals surface area contributed by atoms with E-state index in [2.05, 4.69) is 4.98 Å². The highest BCUT2D eigenvalue weighted by molar-refractivity contribution is 6.36. The molecule has 15 heteroatoms. The second kappa shape index (κ2) is 10.0. The molecule has 36 heavy (non-hydrogen) atoms. The van der Waals surface area contributed by atoms with Gasteiger partial charge in [-0.3, -0.25) is 10.2 Å². The Kier molecular flexibility index (Phi) is 7.48. The number of ether oxygens (including phenoxy) is 1. The molecule has 0 aliphatic carbocycles. The number of aromatic nitrogens is 3. The Morgan fingerprint density at radius 3 is 2.61 bits per heavy atom. The van der Waals surface area contributed by atoms with Gasteiger partial charge in [-0.05, 0) is 13.3 Å². The number of nitrogens with zero attached hydrogens (tertiary/aromatic N) is 4. The second-order valence-electron chi connectivity index (χ2n) is 7.82. The number of benzene rings is 1. The van der Waals surface area contributed by atoms with Gasteiger partial charge in [-0.1, -0.05) is 11.6 Å². The van der Waals surface area contributed by atoms with Gasteiger partial charge in [0.05, 0.1) is 17.5 Å². The number of carboxylic acids is 1. The first-order valence-electron chi connectivity index (χ1n) is 10.3. The molecule has 0 unspecified atom stereocenters. The molecule has 4 N–H and O–H groups in total. The van der Waals surface area contributed by atoms with Gasteiger partial charge in [-0.25, -0.2) is 13.9 Å². The van der Waals surface area contributed by atoms with Gasteiger partial charge in [0.1, 0.15) is 28.4 Å². The largest absolute Gasteiger partial charge is 0.493 e. The summed E-state index contributed by atoms with van der Waals surface area (Å²) in [5.74, 6) is 2.96. The molecule has 0 aliphatic heterocycles. The van der Waals surface area contributed by atoms with E-state index in [1.807, 2.05) is 0 Å². The topological polar surface area (TPSA) is 139 Å². The molecule has 1 aromatic carbocycles. The lowest BCUT2D eigenvalue weighted by Gasteiger charge is -2.21. The van der Waals surface area contributed by atoms with Crippen molar-refractivity contribution in [2.75, 3.05) is 26.0 Å². The van der Waals surface area contributed by atoms with Crippen LogP contribution in [0.5, 0.6) is 5.75 Å². The number of rotatable bonds is 8. The molecule has 0 radical (unpaired) electrons. The van der Waals surface area contributed by atoms with E-state index < -0.39 is 35.5 Å². The molecule has 3 aromatic rings. The third-order valence-electron chi connectivity index (χ3n) is 5.38. The number of likely N-dealkylation sites (N-methyl/N-ethyl adjacent to an activating group) is 1. The smallest absolute Gasteiger partial charge is 0.408 e. The Labute approximate surface area is 205 Å². The van der Waals surface area contributed by atoms with Crippen LogP contribution in [0.25, 0.3) is 21.9 Å². The van der Waals surface area contributed by atoms with Crippen LogP contribution in [-0.2, 0) is 9.59 Å². The van der Waals surface area contributed by atoms with E-state index in [1.54, 1.807) is 0 Å². The predicted molar refractivity (Wildman–Crippen MR) is 121 cm³/mol. The summed E-state index contributed by atoms with van der Waals surface area (Å²) in [7, 11) is 1.44. The molecule has 2 aromatic heterocycles. The number of halogens is 5. The molecule has 2 heterocycles. The number of nitrogens with one attached hydrogen (secondary N) is 1. The Hall–Kier alpha value is -3.81. The molecule has 10 nitrogen and oxygen atoms in total. The first-order valence-corrected chi connectivity index (χ1v) is 10.7. The molecule has 3 rings (SSSR count). The number of alkyl halides is 3. The zero-order chi connectivity index (χ0) is 26.9. The fraction of sp³-hybridized carbons (Fsp3) is 0.333. The lowest BCUT2D eigenvalue weighted by atomic mass is 10.2. The highest BCUT2D eigenvalue weighted by Gasteiger charge is 2.40. The summed E-state index contributed by atoms with van der Waals surface area (Å²) in [6.45, 7) is 0.990. The maximum Gasteiger partial charge on any atom is 0.408 e. The molecular weight excluding hydrogens is 512 g/mol. The van der Waals surface area contributed by atoms with Crippen LogP contribution >= 0.6 is 11.6 Å². The van der Waals surface area contributed by atoms with Gasteiger partial charge < -0.3 is 25.2 Å². The van der Waals surface area contributed by atoms with E-state index in [4.69, 9.17) is 32.7 Å². The Morgan fingerprint density at radius 1 is 1.33 bits per heavy atom. The summed E-state index contributed by atoms with van der Waals surface area (Å²) >= 11 is 6.09. The maximum absolute atomic E-state index is 15.2. The van der Waals surface area contributed by atoms with Crippen molar-refractivity contribution in [1.82, 2.24) is 19.1 Å². The minimum Gasteiger partial charge on any atom is -0.493 e. The highest BCUT2D eigenvalue weighted by Crippen LogP contribution is 2.41. The number of carbonyl (C=O) groups is 2. The monoisotopic (exact) mass is 532 g/mol. The first-order chi connectivity index (χ1) is 16.7. The quantitative estimate of drug-likeness (QED) is 0.134. The van der Waals surface area contributed by atoms with Crippen LogP contribution in [0.2, 0.25) is 5.15 Å². The fourth-order valence-electron chi connectivity index (χ4n) is 3.58. The van der Waals surface area contributed by atoms with Gasteiger partial charge in [-0.15, -0.1) is 0 Å². The molecule has 0 bridgehead atoms. The summed E-state index contributed by atoms with van der Waals surface area (Å²) in [5.41, 5.74) is -1.19. The normalized spacial score (nSPS) is 13.0. The van der Waals surface area contributed by atoms with Crippen molar-refractivity contribution >= 4 is 45.4 Å². The molecular formula is C21H21ClF4N6O4. The zero-order valence-electron chi connectivity index (χ0n) is 18.9. The highest BCUT2D eigenvalue weighted by atomic mass is 35.5. The number of aliphatic carboxylic acids is 1. The number of carboxylic acid groups (broad SMARTS) is 1. The van der Waals surface area contributed by atoms with Crippen molar-refractivity contribution in [1.29, 1.82) is 5.41 Å². The van der Waals surface area contributed by atoms with Crippen LogP contribution in [0.15, 0.2) is 24.3 Å². The van der Waals surface area contributed by atoms with Gasteiger partial charge in [0, 0.05) is 43.3 Å². The van der Waals surface area contributed by atoms with E-state index >= 15 is 4.39 Å². The molecule has 0 saturated carbocycles. The molecule has 194 valence electrons. The Balaban J connectivity index is 1.97. The van der Waals surface area contributed by atoms with E-state index in [-0.39, 0.29) is 52.4 Å². The third kappa shape index (κ3) is 5.22. The summed E-state index contributed by atoms with van der Waals surface area (Å²) in [5, 5.41) is 15.5. The van der Waals surface area contributed by atoms with E-state index in [1.165, 1.54) is 18.0 Å². The summed E-state index contributed by atoms with van der Waals surface area (Å²) in [6, 6.07) is 0.00411. The van der Waals surface area contributed by atoms with Crippen molar-refractivity contribution in [3.63, 3.8) is 0 Å².